The molecule has 1 fully saturated rings. The normalized spacial score (nSPS) is 19.9. The molecule has 0 bridgehead atoms. The average Bonchev–Trinajstić information content (AvgIpc) is 2.41. The van der Waals surface area contributed by atoms with Gasteiger partial charge >= 0.3 is 0 Å². The van der Waals surface area contributed by atoms with Crippen LogP contribution in [0.4, 0.5) is 5.69 Å². The smallest absolute Gasteiger partial charge is 0.254 e. The van der Waals surface area contributed by atoms with E-state index in [9.17, 15) is 4.79 Å². The van der Waals surface area contributed by atoms with E-state index in [-0.39, 0.29) is 12.0 Å². The van der Waals surface area contributed by atoms with Gasteiger partial charge < -0.3 is 15.4 Å². The largest absolute Gasteiger partial charge is 0.398 e. The van der Waals surface area contributed by atoms with Crippen LogP contribution in [0.1, 0.15) is 23.7 Å². The summed E-state index contributed by atoms with van der Waals surface area (Å²) < 4.78 is 6.32. The zero-order chi connectivity index (χ0) is 13.1. The van der Waals surface area contributed by atoms with Crippen molar-refractivity contribution in [3.63, 3.8) is 0 Å². The third-order valence-electron chi connectivity index (χ3n) is 3.13. The van der Waals surface area contributed by atoms with Gasteiger partial charge in [0.25, 0.3) is 5.91 Å². The van der Waals surface area contributed by atoms with Gasteiger partial charge in [0, 0.05) is 28.8 Å². The topological polar surface area (TPSA) is 55.6 Å². The summed E-state index contributed by atoms with van der Waals surface area (Å²) >= 11 is 3.34. The highest BCUT2D eigenvalue weighted by Crippen LogP contribution is 2.22. The fraction of sp³-hybridized carbons (Fsp3) is 0.462. The quantitative estimate of drug-likeness (QED) is 0.852. The molecule has 1 heterocycles. The van der Waals surface area contributed by atoms with Crippen LogP contribution in [0.2, 0.25) is 0 Å². The van der Waals surface area contributed by atoms with Gasteiger partial charge in [0.05, 0.1) is 12.7 Å². The maximum Gasteiger partial charge on any atom is 0.254 e. The molecule has 1 aromatic rings. The van der Waals surface area contributed by atoms with Crippen molar-refractivity contribution < 1.29 is 9.53 Å². The maximum atomic E-state index is 12.3. The van der Waals surface area contributed by atoms with Gasteiger partial charge in [-0.25, -0.2) is 0 Å². The summed E-state index contributed by atoms with van der Waals surface area (Å²) in [6.45, 7) is 3.99. The highest BCUT2D eigenvalue weighted by molar-refractivity contribution is 9.10. The summed E-state index contributed by atoms with van der Waals surface area (Å²) in [7, 11) is 0. The Labute approximate surface area is 115 Å². The summed E-state index contributed by atoms with van der Waals surface area (Å²) in [5.41, 5.74) is 7.02. The molecule has 0 saturated carbocycles. The van der Waals surface area contributed by atoms with Crippen LogP contribution in [0.3, 0.4) is 0 Å². The zero-order valence-electron chi connectivity index (χ0n) is 10.4. The van der Waals surface area contributed by atoms with E-state index in [1.54, 1.807) is 18.2 Å². The van der Waals surface area contributed by atoms with Crippen LogP contribution in [0, 0.1) is 0 Å². The van der Waals surface area contributed by atoms with Crippen LogP contribution < -0.4 is 5.73 Å². The van der Waals surface area contributed by atoms with E-state index >= 15 is 0 Å². The Hall–Kier alpha value is -1.07. The summed E-state index contributed by atoms with van der Waals surface area (Å²) in [5.74, 6) is 0.0393. The van der Waals surface area contributed by atoms with Crippen molar-refractivity contribution in [2.45, 2.75) is 19.4 Å². The number of carbonyl (C=O) groups excluding carboxylic acids is 1. The number of anilines is 1. The first-order valence-corrected chi connectivity index (χ1v) is 6.87. The number of nitrogens with two attached hydrogens (primary N) is 1. The van der Waals surface area contributed by atoms with Gasteiger partial charge in [-0.05, 0) is 40.5 Å². The van der Waals surface area contributed by atoms with Gasteiger partial charge in [0.1, 0.15) is 0 Å². The molecular formula is C13H17BrN2O2. The van der Waals surface area contributed by atoms with Gasteiger partial charge in [-0.15, -0.1) is 0 Å². The Kier molecular flexibility index (Phi) is 4.24. The number of hydrogen-bond acceptors (Lipinski definition) is 3. The van der Waals surface area contributed by atoms with E-state index in [0.29, 0.717) is 30.9 Å². The van der Waals surface area contributed by atoms with Crippen LogP contribution in [0.15, 0.2) is 22.7 Å². The third kappa shape index (κ3) is 2.84. The Bertz CT molecular complexity index is 451. The van der Waals surface area contributed by atoms with E-state index < -0.39 is 0 Å². The van der Waals surface area contributed by atoms with Gasteiger partial charge in [0.15, 0.2) is 0 Å². The lowest BCUT2D eigenvalue weighted by Gasteiger charge is -2.32. The average molecular weight is 313 g/mol. The number of morpholine rings is 1. The van der Waals surface area contributed by atoms with E-state index in [1.165, 1.54) is 0 Å². The maximum absolute atomic E-state index is 12.3. The second kappa shape index (κ2) is 5.71. The predicted molar refractivity (Wildman–Crippen MR) is 74.5 cm³/mol. The van der Waals surface area contributed by atoms with Crippen molar-refractivity contribution in [3.8, 4) is 0 Å². The second-order valence-electron chi connectivity index (χ2n) is 4.39. The van der Waals surface area contributed by atoms with E-state index in [1.807, 2.05) is 4.90 Å². The molecule has 1 aliphatic heterocycles. The van der Waals surface area contributed by atoms with Gasteiger partial charge in [-0.1, -0.05) is 6.92 Å². The van der Waals surface area contributed by atoms with E-state index in [0.717, 1.165) is 10.9 Å². The lowest BCUT2D eigenvalue weighted by atomic mass is 10.1. The number of carbonyl (C=O) groups is 1. The molecule has 0 aliphatic carbocycles. The molecule has 1 aromatic carbocycles. The molecule has 1 amide bonds. The fourth-order valence-corrected chi connectivity index (χ4v) is 2.37. The number of hydrogen-bond donors (Lipinski definition) is 1. The van der Waals surface area contributed by atoms with E-state index in [4.69, 9.17) is 10.5 Å². The highest BCUT2D eigenvalue weighted by atomic mass is 79.9. The number of rotatable bonds is 2. The molecule has 98 valence electrons. The standard InChI is InChI=1S/C13H17BrN2O2/c1-2-10-8-16(5-6-18-10)13(17)9-3-4-12(15)11(14)7-9/h3-4,7,10H,2,5-6,8,15H2,1H3. The van der Waals surface area contributed by atoms with Crippen molar-refractivity contribution >= 4 is 27.5 Å². The molecule has 2 N–H and O–H groups in total. The lowest BCUT2D eigenvalue weighted by molar-refractivity contribution is -0.0226. The molecule has 0 radical (unpaired) electrons. The number of halogens is 1. The molecule has 1 atom stereocenters. The molecule has 2 rings (SSSR count). The SMILES string of the molecule is CCC1CN(C(=O)c2ccc(N)c(Br)c2)CCO1. The van der Waals surface area contributed by atoms with Crippen LogP contribution in [0.25, 0.3) is 0 Å². The molecule has 4 nitrogen and oxygen atoms in total. The first-order chi connectivity index (χ1) is 8.61. The van der Waals surface area contributed by atoms with Gasteiger partial charge in [-0.2, -0.15) is 0 Å². The van der Waals surface area contributed by atoms with Crippen LogP contribution in [0.5, 0.6) is 0 Å². The monoisotopic (exact) mass is 312 g/mol. The molecular weight excluding hydrogens is 296 g/mol. The molecule has 0 aromatic heterocycles. The summed E-state index contributed by atoms with van der Waals surface area (Å²) in [6, 6.07) is 5.28. The summed E-state index contributed by atoms with van der Waals surface area (Å²) in [5, 5.41) is 0. The predicted octanol–water partition coefficient (Wildman–Crippen LogP) is 2.28. The van der Waals surface area contributed by atoms with Gasteiger partial charge in [0.2, 0.25) is 0 Å². The number of nitrogen functional groups attached to an aromatic ring is 1. The molecule has 0 spiro atoms. The minimum atomic E-state index is 0.0393. The van der Waals surface area contributed by atoms with Crippen molar-refractivity contribution in [2.75, 3.05) is 25.4 Å². The number of nitrogens with zero attached hydrogens (tertiary/aromatic N) is 1. The van der Waals surface area contributed by atoms with E-state index in [2.05, 4.69) is 22.9 Å². The summed E-state index contributed by atoms with van der Waals surface area (Å²) in [4.78, 5) is 14.2. The minimum absolute atomic E-state index is 0.0393. The molecule has 1 saturated heterocycles. The zero-order valence-corrected chi connectivity index (χ0v) is 11.9. The Morgan fingerprint density at radius 3 is 3.06 bits per heavy atom. The first kappa shape index (κ1) is 13.4. The minimum Gasteiger partial charge on any atom is -0.398 e. The number of benzene rings is 1. The van der Waals surface area contributed by atoms with Crippen LogP contribution in [-0.4, -0.2) is 36.6 Å². The highest BCUT2D eigenvalue weighted by Gasteiger charge is 2.24. The lowest BCUT2D eigenvalue weighted by Crippen LogP contribution is -2.45. The van der Waals surface area contributed by atoms with Gasteiger partial charge in [-0.3, -0.25) is 4.79 Å². The number of amides is 1. The summed E-state index contributed by atoms with van der Waals surface area (Å²) in [6.07, 6.45) is 1.08. The third-order valence-corrected chi connectivity index (χ3v) is 3.82. The molecule has 5 heteroatoms. The van der Waals surface area contributed by atoms with Crippen LogP contribution >= 0.6 is 15.9 Å². The molecule has 1 aliphatic rings. The second-order valence-corrected chi connectivity index (χ2v) is 5.24. The fourth-order valence-electron chi connectivity index (χ4n) is 1.99. The molecule has 18 heavy (non-hydrogen) atoms. The Morgan fingerprint density at radius 1 is 1.61 bits per heavy atom. The van der Waals surface area contributed by atoms with Crippen LogP contribution in [-0.2, 0) is 4.74 Å². The van der Waals surface area contributed by atoms with Crippen molar-refractivity contribution in [2.24, 2.45) is 0 Å². The van der Waals surface area contributed by atoms with Crippen molar-refractivity contribution in [1.29, 1.82) is 0 Å². The van der Waals surface area contributed by atoms with Crippen molar-refractivity contribution in [3.05, 3.63) is 28.2 Å². The number of ether oxygens (including phenoxy) is 1. The Morgan fingerprint density at radius 2 is 2.39 bits per heavy atom. The molecule has 1 unspecified atom stereocenters. The first-order valence-electron chi connectivity index (χ1n) is 6.07. The Balaban J connectivity index is 2.12. The van der Waals surface area contributed by atoms with Crippen molar-refractivity contribution in [1.82, 2.24) is 4.90 Å².